The molecule has 2 heteroatoms. The third-order valence-electron chi connectivity index (χ3n) is 6.92. The minimum absolute atomic E-state index is 0.0701. The Balaban J connectivity index is 1.83. The van der Waals surface area contributed by atoms with Crippen LogP contribution < -0.4 is 0 Å². The smallest absolute Gasteiger partial charge is 0.193 e. The van der Waals surface area contributed by atoms with Gasteiger partial charge >= 0.3 is 0 Å². The summed E-state index contributed by atoms with van der Waals surface area (Å²) in [6, 6.07) is 45.2. The number of hydrogen-bond donors (Lipinski definition) is 1. The summed E-state index contributed by atoms with van der Waals surface area (Å²) in [4.78, 5) is 13.5. The van der Waals surface area contributed by atoms with Crippen LogP contribution in [-0.2, 0) is 5.60 Å². The minimum Gasteiger partial charge on any atom is -0.376 e. The number of carbonyl (C=O) groups excluding carboxylic acids is 1. The summed E-state index contributed by atoms with van der Waals surface area (Å²) in [5, 5.41) is 13.1. The van der Waals surface area contributed by atoms with E-state index in [1.165, 1.54) is 0 Å². The van der Waals surface area contributed by atoms with Gasteiger partial charge in [0.2, 0.25) is 0 Å². The highest BCUT2D eigenvalue weighted by Gasteiger charge is 2.46. The zero-order valence-corrected chi connectivity index (χ0v) is 19.6. The molecule has 0 atom stereocenters. The van der Waals surface area contributed by atoms with Crippen LogP contribution in [0.5, 0.6) is 0 Å². The van der Waals surface area contributed by atoms with E-state index in [4.69, 9.17) is 0 Å². The molecule has 1 aliphatic rings. The molecule has 0 aromatic heterocycles. The van der Waals surface area contributed by atoms with Crippen molar-refractivity contribution in [3.63, 3.8) is 0 Å². The van der Waals surface area contributed by atoms with Gasteiger partial charge in [-0.1, -0.05) is 140 Å². The summed E-state index contributed by atoms with van der Waals surface area (Å²) in [7, 11) is 0. The zero-order chi connectivity index (χ0) is 24.5. The highest BCUT2D eigenvalue weighted by Crippen LogP contribution is 2.51. The second-order valence-corrected chi connectivity index (χ2v) is 8.98. The highest BCUT2D eigenvalue weighted by atomic mass is 16.3. The molecule has 172 valence electrons. The summed E-state index contributed by atoms with van der Waals surface area (Å²) in [6.07, 6.45) is 0. The van der Waals surface area contributed by atoms with Crippen LogP contribution in [0.1, 0.15) is 43.7 Å². The molecule has 0 unspecified atom stereocenters. The third-order valence-corrected chi connectivity index (χ3v) is 6.92. The van der Waals surface area contributed by atoms with Gasteiger partial charge in [0.15, 0.2) is 5.78 Å². The lowest BCUT2D eigenvalue weighted by Gasteiger charge is -2.39. The molecule has 5 aromatic carbocycles. The van der Waals surface area contributed by atoms with Crippen LogP contribution in [0, 0.1) is 0 Å². The second-order valence-electron chi connectivity index (χ2n) is 8.98. The molecule has 6 rings (SSSR count). The van der Waals surface area contributed by atoms with Crippen LogP contribution in [0.25, 0.3) is 11.1 Å². The Morgan fingerprint density at radius 3 is 1.28 bits per heavy atom. The molecule has 0 saturated carbocycles. The van der Waals surface area contributed by atoms with E-state index >= 15 is 0 Å². The number of hydrogen-bond acceptors (Lipinski definition) is 2. The molecular formula is C34H24O2. The Morgan fingerprint density at radius 2 is 0.833 bits per heavy atom. The fourth-order valence-corrected chi connectivity index (χ4v) is 5.36. The molecular weight excluding hydrogens is 440 g/mol. The summed E-state index contributed by atoms with van der Waals surface area (Å²) in [6.45, 7) is 0. The summed E-state index contributed by atoms with van der Waals surface area (Å²) < 4.78 is 0. The predicted octanol–water partition coefficient (Wildman–Crippen LogP) is 7.13. The molecule has 0 radical (unpaired) electrons. The maximum Gasteiger partial charge on any atom is 0.193 e. The Bertz CT molecular complexity index is 1490. The van der Waals surface area contributed by atoms with Crippen LogP contribution in [0.2, 0.25) is 0 Å². The maximum atomic E-state index is 13.5. The fourth-order valence-electron chi connectivity index (χ4n) is 5.36. The first-order valence-electron chi connectivity index (χ1n) is 12.1. The zero-order valence-electron chi connectivity index (χ0n) is 19.6. The van der Waals surface area contributed by atoms with Crippen LogP contribution in [0.15, 0.2) is 140 Å². The van der Waals surface area contributed by atoms with E-state index in [0.29, 0.717) is 22.3 Å². The molecule has 0 heterocycles. The topological polar surface area (TPSA) is 37.3 Å². The van der Waals surface area contributed by atoms with E-state index in [-0.39, 0.29) is 5.78 Å². The molecule has 1 N–H and O–H groups in total. The average Bonchev–Trinajstić information content (AvgIpc) is 2.96. The van der Waals surface area contributed by atoms with Crippen LogP contribution in [-0.4, -0.2) is 10.9 Å². The van der Waals surface area contributed by atoms with Gasteiger partial charge in [-0.05, 0) is 22.3 Å². The monoisotopic (exact) mass is 464 g/mol. The van der Waals surface area contributed by atoms with E-state index in [2.05, 4.69) is 24.3 Å². The Labute approximate surface area is 210 Å². The molecule has 0 fully saturated rings. The SMILES string of the molecule is O=C1c2ccccc2C(O)(C(=C(c2ccccc2)c2ccccc2)c2ccccc2)c2ccccc21. The maximum absolute atomic E-state index is 13.5. The average molecular weight is 465 g/mol. The first-order chi connectivity index (χ1) is 17.7. The third kappa shape index (κ3) is 3.43. The van der Waals surface area contributed by atoms with Gasteiger partial charge in [-0.25, -0.2) is 0 Å². The summed E-state index contributed by atoms with van der Waals surface area (Å²) in [5.74, 6) is -0.0701. The molecule has 1 aliphatic carbocycles. The van der Waals surface area contributed by atoms with E-state index < -0.39 is 5.60 Å². The van der Waals surface area contributed by atoms with Crippen molar-refractivity contribution in [1.82, 2.24) is 0 Å². The second kappa shape index (κ2) is 8.92. The van der Waals surface area contributed by atoms with Gasteiger partial charge in [-0.2, -0.15) is 0 Å². The molecule has 0 aliphatic heterocycles. The molecule has 36 heavy (non-hydrogen) atoms. The molecule has 2 nitrogen and oxygen atoms in total. The van der Waals surface area contributed by atoms with Gasteiger partial charge in [-0.3, -0.25) is 4.79 Å². The number of carbonyl (C=O) groups is 1. The van der Waals surface area contributed by atoms with Crippen molar-refractivity contribution in [3.8, 4) is 0 Å². The number of fused-ring (bicyclic) bond motifs is 2. The molecule has 0 spiro atoms. The van der Waals surface area contributed by atoms with Gasteiger partial charge < -0.3 is 5.11 Å². The first-order valence-corrected chi connectivity index (χ1v) is 12.1. The van der Waals surface area contributed by atoms with E-state index in [0.717, 1.165) is 27.8 Å². The Kier molecular flexibility index (Phi) is 5.44. The number of ketones is 1. The molecule has 0 bridgehead atoms. The standard InChI is InChI=1S/C34H24O2/c35-33-27-20-10-12-22-29(27)34(36,30-23-13-11-21-28(30)33)32(26-18-8-3-9-19-26)31(24-14-4-1-5-15-24)25-16-6-2-7-17-25/h1-23,36H. The lowest BCUT2D eigenvalue weighted by molar-refractivity contribution is 0.0981. The predicted molar refractivity (Wildman–Crippen MR) is 145 cm³/mol. The number of aliphatic hydroxyl groups is 1. The highest BCUT2D eigenvalue weighted by molar-refractivity contribution is 6.16. The van der Waals surface area contributed by atoms with Crippen LogP contribution in [0.3, 0.4) is 0 Å². The Hall–Kier alpha value is -4.53. The molecule has 0 saturated heterocycles. The van der Waals surface area contributed by atoms with Gasteiger partial charge in [0, 0.05) is 27.8 Å². The van der Waals surface area contributed by atoms with Gasteiger partial charge in [-0.15, -0.1) is 0 Å². The van der Waals surface area contributed by atoms with Crippen molar-refractivity contribution in [1.29, 1.82) is 0 Å². The van der Waals surface area contributed by atoms with E-state index in [1.54, 1.807) is 0 Å². The van der Waals surface area contributed by atoms with Crippen molar-refractivity contribution in [3.05, 3.63) is 178 Å². The van der Waals surface area contributed by atoms with Gasteiger partial charge in [0.05, 0.1) is 0 Å². The summed E-state index contributed by atoms with van der Waals surface area (Å²) in [5.41, 5.74) is 5.20. The lowest BCUT2D eigenvalue weighted by Crippen LogP contribution is -2.37. The quantitative estimate of drug-likeness (QED) is 0.287. The number of benzene rings is 5. The van der Waals surface area contributed by atoms with Gasteiger partial charge in [0.1, 0.15) is 5.60 Å². The minimum atomic E-state index is -1.57. The van der Waals surface area contributed by atoms with Crippen molar-refractivity contribution in [2.45, 2.75) is 5.60 Å². The number of rotatable bonds is 4. The van der Waals surface area contributed by atoms with Crippen LogP contribution in [0.4, 0.5) is 0 Å². The van der Waals surface area contributed by atoms with Crippen molar-refractivity contribution in [2.24, 2.45) is 0 Å². The van der Waals surface area contributed by atoms with Crippen molar-refractivity contribution in [2.75, 3.05) is 0 Å². The fraction of sp³-hybridized carbons (Fsp3) is 0.0294. The first kappa shape index (κ1) is 22.0. The lowest BCUT2D eigenvalue weighted by atomic mass is 9.67. The normalized spacial score (nSPS) is 13.4. The summed E-state index contributed by atoms with van der Waals surface area (Å²) >= 11 is 0. The van der Waals surface area contributed by atoms with E-state index in [1.807, 2.05) is 115 Å². The van der Waals surface area contributed by atoms with E-state index in [9.17, 15) is 9.90 Å². The molecule has 5 aromatic rings. The van der Waals surface area contributed by atoms with Crippen LogP contribution >= 0.6 is 0 Å². The molecule has 0 amide bonds. The van der Waals surface area contributed by atoms with Crippen molar-refractivity contribution < 1.29 is 9.90 Å². The van der Waals surface area contributed by atoms with Gasteiger partial charge in [0.25, 0.3) is 0 Å². The Morgan fingerprint density at radius 1 is 0.472 bits per heavy atom. The largest absolute Gasteiger partial charge is 0.376 e. The van der Waals surface area contributed by atoms with Crippen molar-refractivity contribution >= 4 is 16.9 Å².